The van der Waals surface area contributed by atoms with E-state index in [1.54, 1.807) is 12.1 Å². The maximum absolute atomic E-state index is 13.4. The van der Waals surface area contributed by atoms with Crippen LogP contribution in [0.25, 0.3) is 10.8 Å². The highest BCUT2D eigenvalue weighted by molar-refractivity contribution is 6.04. The van der Waals surface area contributed by atoms with Crippen molar-refractivity contribution < 1.29 is 14.4 Å². The Labute approximate surface area is 89.5 Å². The van der Waals surface area contributed by atoms with Gasteiger partial charge in [0.2, 0.25) is 0 Å². The van der Waals surface area contributed by atoms with Gasteiger partial charge in [0, 0.05) is 5.39 Å². The average Bonchev–Trinajstić information content (AvgIpc) is 2.26. The Morgan fingerprint density at radius 1 is 1.31 bits per heavy atom. The number of fused-ring (bicyclic) bond motifs is 1. The molecule has 2 aromatic rings. The summed E-state index contributed by atoms with van der Waals surface area (Å²) in [6.45, 7) is 1.26. The normalized spacial score (nSPS) is 10.6. The van der Waals surface area contributed by atoms with Crippen molar-refractivity contribution in [3.8, 4) is 0 Å². The predicted octanol–water partition coefficient (Wildman–Crippen LogP) is 1.74. The zero-order chi connectivity index (χ0) is 11.9. The minimum Gasteiger partial charge on any atom is -0.478 e. The molecule has 1 aromatic heterocycles. The molecule has 0 spiro atoms. The van der Waals surface area contributed by atoms with Gasteiger partial charge in [0.15, 0.2) is 0 Å². The largest absolute Gasteiger partial charge is 0.478 e. The molecule has 0 unspecified atom stereocenters. The second kappa shape index (κ2) is 3.44. The third kappa shape index (κ3) is 1.29. The number of nitrogens with zero attached hydrogens (tertiary/aromatic N) is 1. The first-order valence-corrected chi connectivity index (χ1v) is 4.58. The van der Waals surface area contributed by atoms with Crippen LogP contribution in [-0.4, -0.2) is 15.9 Å². The smallest absolute Gasteiger partial charge is 0.338 e. The highest BCUT2D eigenvalue weighted by Gasteiger charge is 2.18. The first kappa shape index (κ1) is 10.4. The molecule has 1 heterocycles. The zero-order valence-electron chi connectivity index (χ0n) is 8.40. The molecule has 0 atom stereocenters. The first-order chi connectivity index (χ1) is 7.54. The van der Waals surface area contributed by atoms with Crippen LogP contribution in [0.3, 0.4) is 0 Å². The number of hydrogen-bond acceptors (Lipinski definition) is 2. The summed E-state index contributed by atoms with van der Waals surface area (Å²) in [5, 5.41) is 9.32. The fraction of sp³-hybridized carbons (Fsp3) is 0.0909. The number of benzene rings is 1. The molecule has 0 bridgehead atoms. The maximum atomic E-state index is 13.4. The SMILES string of the molecule is Cc1c(C(=O)O)c2ccccc2c(=O)n1F. The van der Waals surface area contributed by atoms with Crippen molar-refractivity contribution in [1.82, 2.24) is 4.79 Å². The van der Waals surface area contributed by atoms with Gasteiger partial charge >= 0.3 is 5.97 Å². The lowest BCUT2D eigenvalue weighted by atomic mass is 10.0. The van der Waals surface area contributed by atoms with Crippen LogP contribution < -0.4 is 5.56 Å². The van der Waals surface area contributed by atoms with Crippen LogP contribution in [0.4, 0.5) is 4.48 Å². The second-order valence-corrected chi connectivity index (χ2v) is 3.40. The van der Waals surface area contributed by atoms with Crippen molar-refractivity contribution in [2.45, 2.75) is 6.92 Å². The number of pyridine rings is 1. The van der Waals surface area contributed by atoms with E-state index in [1.165, 1.54) is 19.1 Å². The predicted molar refractivity (Wildman–Crippen MR) is 56.4 cm³/mol. The molecule has 82 valence electrons. The fourth-order valence-corrected chi connectivity index (χ4v) is 1.71. The third-order valence-electron chi connectivity index (χ3n) is 2.48. The molecule has 0 saturated carbocycles. The van der Waals surface area contributed by atoms with Gasteiger partial charge in [-0.05, 0) is 13.0 Å². The molecule has 1 N–H and O–H groups in total. The van der Waals surface area contributed by atoms with E-state index in [2.05, 4.69) is 0 Å². The van der Waals surface area contributed by atoms with E-state index in [9.17, 15) is 14.1 Å². The number of aromatic nitrogens is 1. The van der Waals surface area contributed by atoms with E-state index in [0.717, 1.165) is 0 Å². The van der Waals surface area contributed by atoms with Gasteiger partial charge in [0.1, 0.15) is 0 Å². The summed E-state index contributed by atoms with van der Waals surface area (Å²) in [7, 11) is 0. The molecule has 0 fully saturated rings. The average molecular weight is 221 g/mol. The van der Waals surface area contributed by atoms with Crippen LogP contribution in [0.2, 0.25) is 0 Å². The molecular formula is C11H8FNO3. The van der Waals surface area contributed by atoms with E-state index < -0.39 is 11.5 Å². The van der Waals surface area contributed by atoms with Crippen LogP contribution >= 0.6 is 0 Å². The number of halogens is 1. The molecule has 4 nitrogen and oxygen atoms in total. The number of aromatic carboxylic acids is 1. The van der Waals surface area contributed by atoms with Crippen molar-refractivity contribution in [3.05, 3.63) is 45.9 Å². The summed E-state index contributed by atoms with van der Waals surface area (Å²) in [6.07, 6.45) is 0. The molecule has 2 rings (SSSR count). The van der Waals surface area contributed by atoms with Crippen LogP contribution in [0.15, 0.2) is 29.1 Å². The van der Waals surface area contributed by atoms with Crippen molar-refractivity contribution in [2.24, 2.45) is 0 Å². The van der Waals surface area contributed by atoms with Gasteiger partial charge in [0.25, 0.3) is 5.56 Å². The van der Waals surface area contributed by atoms with Gasteiger partial charge in [-0.15, -0.1) is 4.79 Å². The van der Waals surface area contributed by atoms with Gasteiger partial charge in [-0.1, -0.05) is 22.7 Å². The van der Waals surface area contributed by atoms with E-state index in [4.69, 9.17) is 5.11 Å². The van der Waals surface area contributed by atoms with Gasteiger partial charge in [0.05, 0.1) is 16.6 Å². The van der Waals surface area contributed by atoms with Gasteiger partial charge in [-0.3, -0.25) is 4.79 Å². The van der Waals surface area contributed by atoms with E-state index >= 15 is 0 Å². The Morgan fingerprint density at radius 3 is 2.44 bits per heavy atom. The molecule has 0 aliphatic heterocycles. The topological polar surface area (TPSA) is 59.3 Å². The lowest BCUT2D eigenvalue weighted by Crippen LogP contribution is -2.20. The zero-order valence-corrected chi connectivity index (χ0v) is 8.40. The lowest BCUT2D eigenvalue weighted by Gasteiger charge is -2.07. The molecule has 0 aliphatic rings. The minimum atomic E-state index is -1.25. The lowest BCUT2D eigenvalue weighted by molar-refractivity contribution is 0.0695. The van der Waals surface area contributed by atoms with E-state index in [0.29, 0.717) is 0 Å². The maximum Gasteiger partial charge on any atom is 0.338 e. The van der Waals surface area contributed by atoms with E-state index in [-0.39, 0.29) is 26.8 Å². The standard InChI is InChI=1S/C11H8FNO3/c1-6-9(11(15)16)7-4-2-3-5-8(7)10(14)13(6)12/h2-5H,1H3,(H,15,16). The Hall–Kier alpha value is -2.17. The van der Waals surface area contributed by atoms with Gasteiger partial charge in [-0.2, -0.15) is 0 Å². The molecule has 16 heavy (non-hydrogen) atoms. The summed E-state index contributed by atoms with van der Waals surface area (Å²) in [5.74, 6) is -1.25. The van der Waals surface area contributed by atoms with Crippen molar-refractivity contribution >= 4 is 16.7 Å². The van der Waals surface area contributed by atoms with E-state index in [1.807, 2.05) is 0 Å². The molecule has 0 aliphatic carbocycles. The molecule has 5 heteroatoms. The summed E-state index contributed by atoms with van der Waals surface area (Å²) in [5.41, 5.74) is -1.22. The fourth-order valence-electron chi connectivity index (χ4n) is 1.71. The number of carboxylic acids is 1. The number of carbonyl (C=O) groups is 1. The Balaban J connectivity index is 3.10. The monoisotopic (exact) mass is 221 g/mol. The summed E-state index contributed by atoms with van der Waals surface area (Å²) >= 11 is 0. The number of rotatable bonds is 1. The summed E-state index contributed by atoms with van der Waals surface area (Å²) < 4.78 is 13.4. The molecular weight excluding hydrogens is 213 g/mol. The molecule has 1 aromatic carbocycles. The number of hydrogen-bond donors (Lipinski definition) is 1. The first-order valence-electron chi connectivity index (χ1n) is 4.58. The van der Waals surface area contributed by atoms with Crippen molar-refractivity contribution in [3.63, 3.8) is 0 Å². The Kier molecular flexibility index (Phi) is 2.23. The molecule has 0 radical (unpaired) electrons. The number of carboxylic acid groups (broad SMARTS) is 1. The van der Waals surface area contributed by atoms with Gasteiger partial charge < -0.3 is 5.11 Å². The van der Waals surface area contributed by atoms with Crippen LogP contribution in [0, 0.1) is 6.92 Å². The van der Waals surface area contributed by atoms with Crippen LogP contribution in [-0.2, 0) is 0 Å². The highest BCUT2D eigenvalue weighted by Crippen LogP contribution is 2.19. The Bertz CT molecular complexity index is 645. The Morgan fingerprint density at radius 2 is 1.88 bits per heavy atom. The summed E-state index contributed by atoms with van der Waals surface area (Å²) in [6, 6.07) is 6.06. The van der Waals surface area contributed by atoms with Crippen molar-refractivity contribution in [2.75, 3.05) is 0 Å². The third-order valence-corrected chi connectivity index (χ3v) is 2.48. The summed E-state index contributed by atoms with van der Waals surface area (Å²) in [4.78, 5) is 22.4. The quantitative estimate of drug-likeness (QED) is 0.797. The van der Waals surface area contributed by atoms with Gasteiger partial charge in [-0.25, -0.2) is 4.79 Å². The molecule has 0 saturated heterocycles. The minimum absolute atomic E-state index is 0.0630. The van der Waals surface area contributed by atoms with Crippen molar-refractivity contribution in [1.29, 1.82) is 0 Å². The van der Waals surface area contributed by atoms with Crippen LogP contribution in [0.1, 0.15) is 16.1 Å². The highest BCUT2D eigenvalue weighted by atomic mass is 19.2. The molecule has 0 amide bonds. The second-order valence-electron chi connectivity index (χ2n) is 3.40. The van der Waals surface area contributed by atoms with Crippen LogP contribution in [0.5, 0.6) is 0 Å².